The minimum absolute atomic E-state index is 0.187. The van der Waals surface area contributed by atoms with Crippen molar-refractivity contribution in [1.82, 2.24) is 14.7 Å². The molecule has 6 heteroatoms. The fourth-order valence-corrected chi connectivity index (χ4v) is 3.04. The summed E-state index contributed by atoms with van der Waals surface area (Å²) in [5.74, 6) is 2.77. The molecule has 4 rings (SSSR count). The monoisotopic (exact) mass is 355 g/mol. The molecule has 0 aliphatic heterocycles. The number of aromatic nitrogens is 2. The molecule has 3 aromatic rings. The second-order valence-electron chi connectivity index (χ2n) is 6.46. The number of carbonyl (C=O) groups is 1. The zero-order valence-electron chi connectivity index (χ0n) is 13.8. The Morgan fingerprint density at radius 2 is 2.24 bits per heavy atom. The van der Waals surface area contributed by atoms with Gasteiger partial charge in [-0.05, 0) is 42.7 Å². The van der Waals surface area contributed by atoms with Gasteiger partial charge in [0.2, 0.25) is 5.91 Å². The number of nitrogens with zero attached hydrogens (tertiary/aromatic N) is 2. The Hall–Kier alpha value is -2.53. The quantitative estimate of drug-likeness (QED) is 0.703. The van der Waals surface area contributed by atoms with E-state index in [1.165, 1.54) is 12.5 Å². The van der Waals surface area contributed by atoms with E-state index in [-0.39, 0.29) is 5.91 Å². The molecule has 1 fully saturated rings. The Bertz CT molecular complexity index is 957. The number of hydrogen-bond acceptors (Lipinski definition) is 3. The number of fused-ring (bicyclic) bond motifs is 1. The van der Waals surface area contributed by atoms with E-state index in [1.807, 2.05) is 28.8 Å². The summed E-state index contributed by atoms with van der Waals surface area (Å²) in [6.45, 7) is 2.56. The van der Waals surface area contributed by atoms with E-state index in [0.717, 1.165) is 17.1 Å². The van der Waals surface area contributed by atoms with Crippen molar-refractivity contribution in [3.05, 3.63) is 65.0 Å². The van der Waals surface area contributed by atoms with Crippen molar-refractivity contribution < 1.29 is 9.21 Å². The lowest BCUT2D eigenvalue weighted by Gasteiger charge is -1.97. The molecular formula is C19H18ClN3O2. The van der Waals surface area contributed by atoms with Gasteiger partial charge in [0.25, 0.3) is 0 Å². The molecule has 0 bridgehead atoms. The number of nitrogens with one attached hydrogen (secondary N) is 1. The Morgan fingerprint density at radius 1 is 1.40 bits per heavy atom. The average molecular weight is 356 g/mol. The highest BCUT2D eigenvalue weighted by atomic mass is 35.5. The lowest BCUT2D eigenvalue weighted by molar-refractivity contribution is -0.116. The Kier molecular flexibility index (Phi) is 4.09. The summed E-state index contributed by atoms with van der Waals surface area (Å²) in [5.41, 5.74) is 1.56. The van der Waals surface area contributed by atoms with Gasteiger partial charge in [0.15, 0.2) is 0 Å². The number of rotatable bonds is 5. The maximum atomic E-state index is 12.0. The molecule has 1 saturated carbocycles. The fraction of sp³-hybridized carbons (Fsp3) is 0.263. The van der Waals surface area contributed by atoms with Crippen molar-refractivity contribution in [2.75, 3.05) is 0 Å². The molecule has 1 aliphatic carbocycles. The second kappa shape index (κ2) is 6.41. The van der Waals surface area contributed by atoms with Crippen molar-refractivity contribution in [2.45, 2.75) is 25.8 Å². The average Bonchev–Trinajstić information content (AvgIpc) is 3.01. The number of furan rings is 1. The summed E-state index contributed by atoms with van der Waals surface area (Å²) in [5, 5.41) is 3.46. The predicted molar refractivity (Wildman–Crippen MR) is 96.3 cm³/mol. The van der Waals surface area contributed by atoms with Crippen molar-refractivity contribution in [2.24, 2.45) is 5.92 Å². The highest BCUT2D eigenvalue weighted by Crippen LogP contribution is 2.47. The van der Waals surface area contributed by atoms with Gasteiger partial charge in [-0.15, -0.1) is 0 Å². The Morgan fingerprint density at radius 3 is 3.04 bits per heavy atom. The minimum atomic E-state index is -0.187. The summed E-state index contributed by atoms with van der Waals surface area (Å²) in [4.78, 5) is 16.4. The van der Waals surface area contributed by atoms with E-state index in [4.69, 9.17) is 16.0 Å². The van der Waals surface area contributed by atoms with Gasteiger partial charge < -0.3 is 14.1 Å². The number of imidazole rings is 1. The predicted octanol–water partition coefficient (Wildman–Crippen LogP) is 4.03. The highest BCUT2D eigenvalue weighted by molar-refractivity contribution is 6.30. The van der Waals surface area contributed by atoms with Crippen LogP contribution in [0.15, 0.2) is 47.2 Å². The Balaban J connectivity index is 1.34. The van der Waals surface area contributed by atoms with Crippen LogP contribution in [0.5, 0.6) is 0 Å². The second-order valence-corrected chi connectivity index (χ2v) is 6.89. The van der Waals surface area contributed by atoms with Gasteiger partial charge >= 0.3 is 0 Å². The molecule has 0 saturated heterocycles. The molecule has 3 heterocycles. The molecular weight excluding hydrogens is 338 g/mol. The van der Waals surface area contributed by atoms with Crippen molar-refractivity contribution >= 4 is 29.2 Å². The van der Waals surface area contributed by atoms with Crippen LogP contribution in [0.1, 0.15) is 36.5 Å². The van der Waals surface area contributed by atoms with Gasteiger partial charge in [-0.25, -0.2) is 4.98 Å². The van der Waals surface area contributed by atoms with Gasteiger partial charge in [-0.2, -0.15) is 0 Å². The third-order valence-corrected chi connectivity index (χ3v) is 4.65. The van der Waals surface area contributed by atoms with Crippen molar-refractivity contribution in [3.8, 4) is 0 Å². The number of halogens is 1. The van der Waals surface area contributed by atoms with E-state index >= 15 is 0 Å². The van der Waals surface area contributed by atoms with E-state index in [0.29, 0.717) is 29.2 Å². The Labute approximate surface area is 150 Å². The maximum absolute atomic E-state index is 12.0. The van der Waals surface area contributed by atoms with E-state index < -0.39 is 0 Å². The third kappa shape index (κ3) is 3.61. The molecule has 0 aromatic carbocycles. The first kappa shape index (κ1) is 16.0. The molecule has 0 radical (unpaired) electrons. The molecule has 25 heavy (non-hydrogen) atoms. The normalized spacial score (nSPS) is 19.6. The summed E-state index contributed by atoms with van der Waals surface area (Å²) >= 11 is 5.95. The van der Waals surface area contributed by atoms with Gasteiger partial charge in [-0.3, -0.25) is 4.79 Å². The minimum Gasteiger partial charge on any atom is -0.461 e. The van der Waals surface area contributed by atoms with Gasteiger partial charge in [0, 0.05) is 24.4 Å². The SMILES string of the molecule is C[C@@H]1C[C@H]1c1ccc(/C=C/C(=O)NCc2cn3cc(Cl)ccc3n2)o1. The van der Waals surface area contributed by atoms with Crippen LogP contribution in [0.25, 0.3) is 11.7 Å². The van der Waals surface area contributed by atoms with Crippen LogP contribution in [-0.4, -0.2) is 15.3 Å². The fourth-order valence-electron chi connectivity index (χ4n) is 2.87. The van der Waals surface area contributed by atoms with Crippen LogP contribution in [0.2, 0.25) is 5.02 Å². The summed E-state index contributed by atoms with van der Waals surface area (Å²) in [7, 11) is 0. The molecule has 2 atom stereocenters. The van der Waals surface area contributed by atoms with E-state index in [9.17, 15) is 4.79 Å². The summed E-state index contributed by atoms with van der Waals surface area (Å²) in [6, 6.07) is 7.52. The third-order valence-electron chi connectivity index (χ3n) is 4.43. The molecule has 1 aliphatic rings. The highest BCUT2D eigenvalue weighted by Gasteiger charge is 2.36. The topological polar surface area (TPSA) is 59.5 Å². The van der Waals surface area contributed by atoms with Gasteiger partial charge in [0.05, 0.1) is 17.3 Å². The van der Waals surface area contributed by atoms with E-state index in [2.05, 4.69) is 17.2 Å². The van der Waals surface area contributed by atoms with Crippen LogP contribution in [0, 0.1) is 5.92 Å². The van der Waals surface area contributed by atoms with Crippen LogP contribution >= 0.6 is 11.6 Å². The van der Waals surface area contributed by atoms with Crippen LogP contribution in [-0.2, 0) is 11.3 Å². The zero-order chi connectivity index (χ0) is 17.4. The molecule has 0 unspecified atom stereocenters. The molecule has 1 amide bonds. The molecule has 3 aromatic heterocycles. The molecule has 5 nitrogen and oxygen atoms in total. The van der Waals surface area contributed by atoms with Gasteiger partial charge in [0.1, 0.15) is 17.2 Å². The van der Waals surface area contributed by atoms with Crippen LogP contribution in [0.4, 0.5) is 0 Å². The van der Waals surface area contributed by atoms with Crippen LogP contribution < -0.4 is 5.32 Å². The zero-order valence-corrected chi connectivity index (χ0v) is 14.5. The number of carbonyl (C=O) groups excluding carboxylic acids is 1. The summed E-state index contributed by atoms with van der Waals surface area (Å²) < 4.78 is 7.58. The first-order valence-electron chi connectivity index (χ1n) is 8.27. The van der Waals surface area contributed by atoms with Crippen molar-refractivity contribution in [1.29, 1.82) is 0 Å². The molecule has 1 N–H and O–H groups in total. The maximum Gasteiger partial charge on any atom is 0.244 e. The number of pyridine rings is 1. The largest absolute Gasteiger partial charge is 0.461 e. The number of amides is 1. The van der Waals surface area contributed by atoms with Crippen LogP contribution in [0.3, 0.4) is 0 Å². The molecule has 0 spiro atoms. The standard InChI is InChI=1S/C19H18ClN3O2/c1-12-8-16(12)17-5-3-15(25-17)4-7-19(24)21-9-14-11-23-10-13(20)2-6-18(23)22-14/h2-7,10-12,16H,8-9H2,1H3,(H,21,24)/b7-4+/t12-,16-/m1/s1. The lowest BCUT2D eigenvalue weighted by atomic mass is 10.3. The summed E-state index contributed by atoms with van der Waals surface area (Å²) in [6.07, 6.45) is 7.98. The lowest BCUT2D eigenvalue weighted by Crippen LogP contribution is -2.20. The van der Waals surface area contributed by atoms with E-state index in [1.54, 1.807) is 18.3 Å². The first-order chi connectivity index (χ1) is 12.1. The number of hydrogen-bond donors (Lipinski definition) is 1. The van der Waals surface area contributed by atoms with Crippen molar-refractivity contribution in [3.63, 3.8) is 0 Å². The first-order valence-corrected chi connectivity index (χ1v) is 8.65. The van der Waals surface area contributed by atoms with Gasteiger partial charge in [-0.1, -0.05) is 18.5 Å². The molecule has 128 valence electrons. The smallest absolute Gasteiger partial charge is 0.244 e.